The maximum absolute atomic E-state index is 14.2. The summed E-state index contributed by atoms with van der Waals surface area (Å²) in [5.74, 6) is -1.68. The van der Waals surface area contributed by atoms with Crippen molar-refractivity contribution in [3.05, 3.63) is 69.5 Å². The van der Waals surface area contributed by atoms with Crippen LogP contribution in [0.1, 0.15) is 5.56 Å². The van der Waals surface area contributed by atoms with Gasteiger partial charge in [-0.05, 0) is 30.7 Å². The van der Waals surface area contributed by atoms with Gasteiger partial charge in [-0.1, -0.05) is 35.1 Å². The molecular formula is C19H11ClF4N4O2S. The lowest BCUT2D eigenvalue weighted by molar-refractivity contribution is -0.274. The molecule has 4 aromatic rings. The van der Waals surface area contributed by atoms with Crippen LogP contribution >= 0.6 is 22.9 Å². The van der Waals surface area contributed by atoms with E-state index in [1.807, 2.05) is 0 Å². The summed E-state index contributed by atoms with van der Waals surface area (Å²) in [6.45, 7) is 1.80. The van der Waals surface area contributed by atoms with Gasteiger partial charge in [0, 0.05) is 6.07 Å². The minimum Gasteiger partial charge on any atom is -0.406 e. The fourth-order valence-corrected chi connectivity index (χ4v) is 4.04. The van der Waals surface area contributed by atoms with Crippen LogP contribution in [0.4, 0.5) is 28.4 Å². The Morgan fingerprint density at radius 3 is 2.68 bits per heavy atom. The summed E-state index contributed by atoms with van der Waals surface area (Å²) in [6.07, 6.45) is -3.63. The molecule has 2 aromatic carbocycles. The fraction of sp³-hybridized carbons (Fsp3) is 0.105. The molecule has 0 fully saturated rings. The highest BCUT2D eigenvalue weighted by Gasteiger charge is 2.31. The van der Waals surface area contributed by atoms with Gasteiger partial charge in [0.05, 0.1) is 16.4 Å². The molecule has 6 nitrogen and oxygen atoms in total. The number of hydrogen-bond acceptors (Lipinski definition) is 6. The second-order valence-corrected chi connectivity index (χ2v) is 7.72. The van der Waals surface area contributed by atoms with Crippen molar-refractivity contribution in [3.63, 3.8) is 0 Å². The first-order valence-corrected chi connectivity index (χ1v) is 9.78. The SMILES string of the molecule is Cc1cccc(Cl)c1-n1cnc2nc(Nc3ccc(OC(F)(F)F)cc3F)sc2c1=O. The Morgan fingerprint density at radius 2 is 2.00 bits per heavy atom. The molecule has 0 amide bonds. The summed E-state index contributed by atoms with van der Waals surface area (Å²) < 4.78 is 56.2. The van der Waals surface area contributed by atoms with Crippen LogP contribution in [0.15, 0.2) is 47.5 Å². The molecule has 12 heteroatoms. The van der Waals surface area contributed by atoms with Crippen LogP contribution in [0, 0.1) is 12.7 Å². The van der Waals surface area contributed by atoms with Gasteiger partial charge in [-0.3, -0.25) is 9.36 Å². The first-order valence-electron chi connectivity index (χ1n) is 8.58. The maximum Gasteiger partial charge on any atom is 0.573 e. The zero-order valence-corrected chi connectivity index (χ0v) is 17.1. The van der Waals surface area contributed by atoms with E-state index < -0.39 is 23.5 Å². The van der Waals surface area contributed by atoms with Crippen molar-refractivity contribution in [1.29, 1.82) is 0 Å². The van der Waals surface area contributed by atoms with Gasteiger partial charge in [0.2, 0.25) is 0 Å². The van der Waals surface area contributed by atoms with E-state index in [4.69, 9.17) is 11.6 Å². The lowest BCUT2D eigenvalue weighted by atomic mass is 10.2. The molecule has 4 rings (SSSR count). The molecule has 0 radical (unpaired) electrons. The molecule has 160 valence electrons. The number of fused-ring (bicyclic) bond motifs is 1. The summed E-state index contributed by atoms with van der Waals surface area (Å²) in [4.78, 5) is 21.3. The van der Waals surface area contributed by atoms with Crippen LogP contribution in [0.5, 0.6) is 5.75 Å². The molecule has 0 saturated heterocycles. The second-order valence-electron chi connectivity index (χ2n) is 6.31. The van der Waals surface area contributed by atoms with Crippen molar-refractivity contribution in [2.75, 3.05) is 5.32 Å². The van der Waals surface area contributed by atoms with Gasteiger partial charge in [0.15, 0.2) is 10.8 Å². The molecule has 0 bridgehead atoms. The number of thiazole rings is 1. The van der Waals surface area contributed by atoms with Crippen molar-refractivity contribution in [1.82, 2.24) is 14.5 Å². The molecule has 0 saturated carbocycles. The smallest absolute Gasteiger partial charge is 0.406 e. The van der Waals surface area contributed by atoms with E-state index in [1.165, 1.54) is 10.9 Å². The molecule has 0 spiro atoms. The fourth-order valence-electron chi connectivity index (χ4n) is 2.86. The quantitative estimate of drug-likeness (QED) is 0.394. The Morgan fingerprint density at radius 1 is 1.23 bits per heavy atom. The second kappa shape index (κ2) is 7.82. The zero-order valence-electron chi connectivity index (χ0n) is 15.5. The molecular weight excluding hydrogens is 460 g/mol. The number of halogens is 5. The molecule has 2 aromatic heterocycles. The third-order valence-electron chi connectivity index (χ3n) is 4.16. The lowest BCUT2D eigenvalue weighted by Gasteiger charge is -2.10. The molecule has 0 unspecified atom stereocenters. The first-order chi connectivity index (χ1) is 14.6. The molecule has 0 aliphatic heterocycles. The minimum absolute atomic E-state index is 0.135. The van der Waals surface area contributed by atoms with Crippen molar-refractivity contribution < 1.29 is 22.3 Å². The number of anilines is 2. The Hall–Kier alpha value is -3.18. The average Bonchev–Trinajstić information content (AvgIpc) is 3.08. The molecule has 2 heterocycles. The van der Waals surface area contributed by atoms with Crippen LogP contribution in [0.2, 0.25) is 5.02 Å². The third kappa shape index (κ3) is 4.32. The Balaban J connectivity index is 1.68. The van der Waals surface area contributed by atoms with E-state index in [2.05, 4.69) is 20.0 Å². The average molecular weight is 471 g/mol. The van der Waals surface area contributed by atoms with E-state index in [-0.39, 0.29) is 21.2 Å². The topological polar surface area (TPSA) is 69.0 Å². The number of benzene rings is 2. The highest BCUT2D eigenvalue weighted by atomic mass is 35.5. The maximum atomic E-state index is 14.2. The summed E-state index contributed by atoms with van der Waals surface area (Å²) in [7, 11) is 0. The summed E-state index contributed by atoms with van der Waals surface area (Å²) >= 11 is 7.16. The highest BCUT2D eigenvalue weighted by molar-refractivity contribution is 7.22. The number of ether oxygens (including phenoxy) is 1. The van der Waals surface area contributed by atoms with E-state index in [0.717, 1.165) is 29.0 Å². The predicted molar refractivity (Wildman–Crippen MR) is 109 cm³/mol. The predicted octanol–water partition coefficient (Wildman–Crippen LogP) is 5.59. The highest BCUT2D eigenvalue weighted by Crippen LogP contribution is 2.31. The Labute approximate surface area is 180 Å². The van der Waals surface area contributed by atoms with Gasteiger partial charge in [0.1, 0.15) is 22.6 Å². The third-order valence-corrected chi connectivity index (χ3v) is 5.42. The van der Waals surface area contributed by atoms with Gasteiger partial charge >= 0.3 is 6.36 Å². The van der Waals surface area contributed by atoms with Crippen LogP contribution in [-0.2, 0) is 0 Å². The molecule has 0 aliphatic carbocycles. The van der Waals surface area contributed by atoms with Crippen molar-refractivity contribution in [3.8, 4) is 11.4 Å². The summed E-state index contributed by atoms with van der Waals surface area (Å²) in [5.41, 5.74) is 0.826. The Kier molecular flexibility index (Phi) is 5.31. The number of rotatable bonds is 4. The van der Waals surface area contributed by atoms with Gasteiger partial charge in [-0.15, -0.1) is 13.2 Å². The zero-order chi connectivity index (χ0) is 22.3. The number of nitrogens with one attached hydrogen (secondary N) is 1. The number of aryl methyl sites for hydroxylation is 1. The van der Waals surface area contributed by atoms with E-state index in [9.17, 15) is 22.4 Å². The number of nitrogens with zero attached hydrogens (tertiary/aromatic N) is 3. The number of alkyl halides is 3. The van der Waals surface area contributed by atoms with Crippen LogP contribution in [0.25, 0.3) is 16.0 Å². The van der Waals surface area contributed by atoms with Gasteiger partial charge in [0.25, 0.3) is 5.56 Å². The van der Waals surface area contributed by atoms with Crippen LogP contribution < -0.4 is 15.6 Å². The van der Waals surface area contributed by atoms with Crippen LogP contribution in [0.3, 0.4) is 0 Å². The Bertz CT molecular complexity index is 1330. The molecule has 0 aliphatic rings. The minimum atomic E-state index is -4.93. The van der Waals surface area contributed by atoms with Gasteiger partial charge in [-0.2, -0.15) is 4.98 Å². The van der Waals surface area contributed by atoms with Crippen molar-refractivity contribution in [2.45, 2.75) is 13.3 Å². The normalized spacial score (nSPS) is 11.7. The summed E-state index contributed by atoms with van der Waals surface area (Å²) in [6, 6.07) is 7.82. The van der Waals surface area contributed by atoms with Crippen molar-refractivity contribution in [2.24, 2.45) is 0 Å². The number of para-hydroxylation sites is 1. The number of aromatic nitrogens is 3. The summed E-state index contributed by atoms with van der Waals surface area (Å²) in [5, 5.41) is 3.15. The standard InChI is InChI=1S/C19H11ClF4N4O2S/c1-9-3-2-4-11(20)14(9)28-8-25-16-15(17(28)29)31-18(27-16)26-13-6-5-10(7-12(13)21)30-19(22,23)24/h2-8H,1H3,(H,26,27). The van der Waals surface area contributed by atoms with E-state index in [0.29, 0.717) is 16.8 Å². The molecule has 0 atom stereocenters. The molecule has 31 heavy (non-hydrogen) atoms. The largest absolute Gasteiger partial charge is 0.573 e. The number of hydrogen-bond donors (Lipinski definition) is 1. The molecule has 1 N–H and O–H groups in total. The lowest BCUT2D eigenvalue weighted by Crippen LogP contribution is -2.19. The van der Waals surface area contributed by atoms with E-state index >= 15 is 0 Å². The van der Waals surface area contributed by atoms with Crippen LogP contribution in [-0.4, -0.2) is 20.9 Å². The first kappa shape index (κ1) is 21.1. The van der Waals surface area contributed by atoms with E-state index in [1.54, 1.807) is 25.1 Å². The monoisotopic (exact) mass is 470 g/mol. The van der Waals surface area contributed by atoms with Gasteiger partial charge in [-0.25, -0.2) is 9.37 Å². The van der Waals surface area contributed by atoms with Gasteiger partial charge < -0.3 is 10.1 Å². The van der Waals surface area contributed by atoms with Crippen molar-refractivity contribution >= 4 is 44.1 Å².